The molecule has 0 fully saturated rings. The summed E-state index contributed by atoms with van der Waals surface area (Å²) in [5.41, 5.74) is 0. The number of nitrogens with zero attached hydrogens (tertiary/aromatic N) is 1. The van der Waals surface area contributed by atoms with Crippen molar-refractivity contribution in [3.8, 4) is 0 Å². The van der Waals surface area contributed by atoms with E-state index >= 15 is 0 Å². The van der Waals surface area contributed by atoms with Gasteiger partial charge in [-0.15, -0.1) is 0 Å². The number of hydrogen-bond donors (Lipinski definition) is 1. The minimum atomic E-state index is -1.24. The zero-order chi connectivity index (χ0) is 19.3. The van der Waals surface area contributed by atoms with E-state index in [4.69, 9.17) is 4.74 Å². The van der Waals surface area contributed by atoms with E-state index in [2.05, 4.69) is 13.0 Å². The molecule has 0 aliphatic rings. The molecule has 0 bridgehead atoms. The number of rotatable bonds is 13. The fraction of sp³-hybridized carbons (Fsp3) is 0.684. The van der Waals surface area contributed by atoms with E-state index in [1.54, 1.807) is 0 Å². The Morgan fingerprint density at radius 3 is 2.40 bits per heavy atom. The molecule has 0 radical (unpaired) electrons. The van der Waals surface area contributed by atoms with Crippen LogP contribution in [0.25, 0.3) is 0 Å². The van der Waals surface area contributed by atoms with Gasteiger partial charge in [-0.25, -0.2) is 0 Å². The lowest BCUT2D eigenvalue weighted by Crippen LogP contribution is -2.45. The fourth-order valence-corrected chi connectivity index (χ4v) is 2.24. The lowest BCUT2D eigenvalue weighted by atomic mass is 10.1. The van der Waals surface area contributed by atoms with Gasteiger partial charge in [0.25, 0.3) is 0 Å². The number of carboxylic acids is 1. The zero-order valence-corrected chi connectivity index (χ0v) is 15.9. The van der Waals surface area contributed by atoms with Crippen LogP contribution in [0.3, 0.4) is 0 Å². The van der Waals surface area contributed by atoms with Gasteiger partial charge in [-0.3, -0.25) is 4.79 Å². The number of hydrogen-bond acceptors (Lipinski definition) is 5. The fourth-order valence-electron chi connectivity index (χ4n) is 2.24. The van der Waals surface area contributed by atoms with Crippen LogP contribution in [0.15, 0.2) is 24.3 Å². The Hall–Kier alpha value is -1.66. The highest BCUT2D eigenvalue weighted by Gasteiger charge is 2.22. The van der Waals surface area contributed by atoms with Gasteiger partial charge in [0.15, 0.2) is 6.10 Å². The molecule has 25 heavy (non-hydrogen) atoms. The van der Waals surface area contributed by atoms with Gasteiger partial charge in [-0.05, 0) is 19.3 Å². The molecule has 6 heteroatoms. The van der Waals surface area contributed by atoms with E-state index in [0.717, 1.165) is 12.8 Å². The van der Waals surface area contributed by atoms with Gasteiger partial charge in [0.1, 0.15) is 6.54 Å². The van der Waals surface area contributed by atoms with Crippen molar-refractivity contribution in [2.45, 2.75) is 57.7 Å². The van der Waals surface area contributed by atoms with Gasteiger partial charge in [0.2, 0.25) is 0 Å². The third kappa shape index (κ3) is 15.6. The van der Waals surface area contributed by atoms with E-state index in [1.165, 1.54) is 0 Å². The van der Waals surface area contributed by atoms with Gasteiger partial charge >= 0.3 is 5.97 Å². The van der Waals surface area contributed by atoms with Gasteiger partial charge < -0.3 is 24.2 Å². The number of quaternary nitrogens is 1. The molecule has 0 rings (SSSR count). The summed E-state index contributed by atoms with van der Waals surface area (Å²) in [5.74, 6) is -1.74. The van der Waals surface area contributed by atoms with Crippen LogP contribution in [-0.2, 0) is 14.3 Å². The van der Waals surface area contributed by atoms with Crippen LogP contribution in [0.2, 0.25) is 0 Å². The molecule has 0 saturated heterocycles. The lowest BCUT2D eigenvalue weighted by molar-refractivity contribution is -0.873. The van der Waals surface area contributed by atoms with Crippen LogP contribution in [0, 0.1) is 0 Å². The maximum Gasteiger partial charge on any atom is 0.306 e. The molecule has 0 aromatic carbocycles. The maximum absolute atomic E-state index is 11.9. The first-order valence-corrected chi connectivity index (χ1v) is 8.83. The molecule has 0 spiro atoms. The number of likely N-dealkylation sites (N-methyl/N-ethyl adjacent to an activating group) is 1. The highest BCUT2D eigenvalue weighted by molar-refractivity contribution is 5.71. The summed E-state index contributed by atoms with van der Waals surface area (Å²) in [6, 6.07) is 0. The summed E-state index contributed by atoms with van der Waals surface area (Å²) in [6.07, 6.45) is 9.01. The number of carboxylic acid groups (broad SMARTS) is 1. The number of esters is 1. The van der Waals surface area contributed by atoms with Crippen LogP contribution in [0.5, 0.6) is 0 Å². The average molecular weight is 355 g/mol. The predicted octanol–water partition coefficient (Wildman–Crippen LogP) is 1.19. The van der Waals surface area contributed by atoms with Crippen molar-refractivity contribution < 1.29 is 29.0 Å². The van der Waals surface area contributed by atoms with Crippen LogP contribution in [0.4, 0.5) is 0 Å². The van der Waals surface area contributed by atoms with Crippen molar-refractivity contribution in [2.24, 2.45) is 0 Å². The molecule has 0 aliphatic heterocycles. The van der Waals surface area contributed by atoms with Crippen molar-refractivity contribution >= 4 is 11.9 Å². The monoisotopic (exact) mass is 355 g/mol. The Bertz CT molecular complexity index is 451. The number of aliphatic hydroxyl groups excluding tert-OH is 1. The van der Waals surface area contributed by atoms with E-state index < -0.39 is 24.1 Å². The average Bonchev–Trinajstić information content (AvgIpc) is 2.46. The second-order valence-electron chi connectivity index (χ2n) is 7.23. The molecule has 0 aromatic rings. The van der Waals surface area contributed by atoms with Crippen molar-refractivity contribution in [2.75, 3.05) is 27.7 Å². The first-order valence-electron chi connectivity index (χ1n) is 8.83. The first-order chi connectivity index (χ1) is 11.6. The van der Waals surface area contributed by atoms with Crippen molar-refractivity contribution in [3.63, 3.8) is 0 Å². The van der Waals surface area contributed by atoms with E-state index in [-0.39, 0.29) is 19.3 Å². The number of unbranched alkanes of at least 4 members (excludes halogenated alkanes) is 1. The molecule has 144 valence electrons. The summed E-state index contributed by atoms with van der Waals surface area (Å²) in [7, 11) is 5.67. The predicted molar refractivity (Wildman–Crippen MR) is 95.4 cm³/mol. The Morgan fingerprint density at radius 1 is 1.20 bits per heavy atom. The Morgan fingerprint density at radius 2 is 1.84 bits per heavy atom. The van der Waals surface area contributed by atoms with Crippen LogP contribution in [-0.4, -0.2) is 61.4 Å². The first kappa shape index (κ1) is 23.3. The summed E-state index contributed by atoms with van der Waals surface area (Å²) < 4.78 is 5.72. The minimum Gasteiger partial charge on any atom is -0.550 e. The molecule has 0 saturated carbocycles. The normalized spacial score (nSPS) is 14.8. The molecular weight excluding hydrogens is 322 g/mol. The highest BCUT2D eigenvalue weighted by Crippen LogP contribution is 2.09. The third-order valence-electron chi connectivity index (χ3n) is 3.37. The van der Waals surface area contributed by atoms with Gasteiger partial charge in [-0.1, -0.05) is 37.6 Å². The number of aliphatic hydroxyl groups is 1. The summed E-state index contributed by atoms with van der Waals surface area (Å²) in [4.78, 5) is 22.7. The number of allylic oxidation sites excluding steroid dienone is 3. The standard InChI is InChI=1S/C19H33NO5/c1-5-6-7-8-9-10-11-16(21)12-13-19(24)25-17(14-18(22)23)15-20(2,3)4/h7-10,16-17,21H,5-6,11-15H2,1-4H3/b8-7+,10-9+. The summed E-state index contributed by atoms with van der Waals surface area (Å²) >= 11 is 0. The zero-order valence-electron chi connectivity index (χ0n) is 15.9. The van der Waals surface area contributed by atoms with Gasteiger partial charge in [0, 0.05) is 18.8 Å². The maximum atomic E-state index is 11.9. The quantitative estimate of drug-likeness (QED) is 0.305. The number of aliphatic carboxylic acids is 1. The van der Waals surface area contributed by atoms with E-state index in [9.17, 15) is 19.8 Å². The number of carbonyl (C=O) groups excluding carboxylic acids is 2. The molecule has 1 N–H and O–H groups in total. The van der Waals surface area contributed by atoms with Crippen molar-refractivity contribution in [1.82, 2.24) is 0 Å². The van der Waals surface area contributed by atoms with Crippen molar-refractivity contribution in [1.29, 1.82) is 0 Å². The van der Waals surface area contributed by atoms with Crippen molar-refractivity contribution in [3.05, 3.63) is 24.3 Å². The summed E-state index contributed by atoms with van der Waals surface area (Å²) in [6.45, 7) is 2.49. The molecule has 0 amide bonds. The van der Waals surface area contributed by atoms with Gasteiger partial charge in [0.05, 0.1) is 27.2 Å². The molecule has 0 aromatic heterocycles. The minimum absolute atomic E-state index is 0.0569. The van der Waals surface area contributed by atoms with Crippen LogP contribution >= 0.6 is 0 Å². The Balaban J connectivity index is 4.22. The number of carbonyl (C=O) groups is 2. The smallest absolute Gasteiger partial charge is 0.306 e. The van der Waals surface area contributed by atoms with Crippen LogP contribution < -0.4 is 5.11 Å². The Labute approximate surface area is 151 Å². The SMILES string of the molecule is CCC/C=C/C=C/CC(O)CCC(=O)OC(CC(=O)[O-])C[N+](C)(C)C. The van der Waals surface area contributed by atoms with Crippen LogP contribution in [0.1, 0.15) is 45.4 Å². The molecule has 0 heterocycles. The molecule has 6 nitrogen and oxygen atoms in total. The largest absolute Gasteiger partial charge is 0.550 e. The second kappa shape index (κ2) is 12.7. The highest BCUT2D eigenvalue weighted by atomic mass is 16.5. The van der Waals surface area contributed by atoms with E-state index in [0.29, 0.717) is 17.4 Å². The number of ether oxygens (including phenoxy) is 1. The molecule has 2 atom stereocenters. The molecule has 2 unspecified atom stereocenters. The molecule has 0 aliphatic carbocycles. The van der Waals surface area contributed by atoms with Gasteiger partial charge in [-0.2, -0.15) is 0 Å². The third-order valence-corrected chi connectivity index (χ3v) is 3.37. The van der Waals surface area contributed by atoms with E-state index in [1.807, 2.05) is 39.4 Å². The summed E-state index contributed by atoms with van der Waals surface area (Å²) in [5, 5.41) is 20.7. The molecular formula is C19H33NO5. The second-order valence-corrected chi connectivity index (χ2v) is 7.23. The lowest BCUT2D eigenvalue weighted by Gasteiger charge is -2.29. The Kier molecular flexibility index (Phi) is 11.8. The topological polar surface area (TPSA) is 86.7 Å².